The summed E-state index contributed by atoms with van der Waals surface area (Å²) in [6.07, 6.45) is 4.02. The first kappa shape index (κ1) is 18.1. The van der Waals surface area contributed by atoms with Gasteiger partial charge in [0.05, 0.1) is 18.5 Å². The molecule has 1 aliphatic rings. The zero-order valence-corrected chi connectivity index (χ0v) is 16.4. The molecule has 3 aromatic rings. The first-order valence-electron chi connectivity index (χ1n) is 8.63. The minimum Gasteiger partial charge on any atom is -0.495 e. The van der Waals surface area contributed by atoms with Crippen molar-refractivity contribution in [2.45, 2.75) is 37.1 Å². The highest BCUT2D eigenvalue weighted by Crippen LogP contribution is 2.32. The van der Waals surface area contributed by atoms with Crippen molar-refractivity contribution in [3.05, 3.63) is 46.7 Å². The van der Waals surface area contributed by atoms with E-state index in [2.05, 4.69) is 14.9 Å². The van der Waals surface area contributed by atoms with E-state index in [1.807, 2.05) is 23.6 Å². The van der Waals surface area contributed by atoms with E-state index in [-0.39, 0.29) is 17.3 Å². The molecule has 0 amide bonds. The van der Waals surface area contributed by atoms with Crippen LogP contribution in [0.25, 0.3) is 10.7 Å². The molecule has 1 aromatic carbocycles. The number of aryl methyl sites for hydroxylation is 2. The van der Waals surface area contributed by atoms with Crippen LogP contribution in [0.1, 0.15) is 29.9 Å². The molecule has 0 radical (unpaired) electrons. The topological polar surface area (TPSA) is 94.3 Å². The summed E-state index contributed by atoms with van der Waals surface area (Å²) in [5.74, 6) is 1.01. The van der Waals surface area contributed by atoms with Crippen LogP contribution in [-0.4, -0.2) is 25.7 Å². The van der Waals surface area contributed by atoms with Crippen LogP contribution >= 0.6 is 11.3 Å². The van der Waals surface area contributed by atoms with Gasteiger partial charge in [0.2, 0.25) is 21.7 Å². The molecule has 0 spiro atoms. The molecule has 27 heavy (non-hydrogen) atoms. The monoisotopic (exact) mass is 405 g/mol. The molecule has 0 aliphatic heterocycles. The minimum absolute atomic E-state index is 0.0824. The van der Waals surface area contributed by atoms with E-state index in [0.29, 0.717) is 11.6 Å². The molecule has 2 aromatic heterocycles. The van der Waals surface area contributed by atoms with Crippen LogP contribution in [0.5, 0.6) is 5.75 Å². The molecule has 0 saturated heterocycles. The van der Waals surface area contributed by atoms with Gasteiger partial charge >= 0.3 is 0 Å². The normalized spacial score (nSPS) is 14.1. The number of thiophene rings is 1. The lowest BCUT2D eigenvalue weighted by Crippen LogP contribution is -2.24. The zero-order chi connectivity index (χ0) is 18.9. The molecule has 142 valence electrons. The van der Waals surface area contributed by atoms with Gasteiger partial charge in [0.15, 0.2) is 0 Å². The van der Waals surface area contributed by atoms with Gasteiger partial charge in [-0.1, -0.05) is 11.2 Å². The van der Waals surface area contributed by atoms with Gasteiger partial charge in [-0.15, -0.1) is 11.3 Å². The van der Waals surface area contributed by atoms with E-state index in [1.54, 1.807) is 6.07 Å². The Balaban J connectivity index is 1.55. The Morgan fingerprint density at radius 3 is 2.74 bits per heavy atom. The molecular formula is C18H19N3O4S2. The molecule has 9 heteroatoms. The van der Waals surface area contributed by atoms with Crippen molar-refractivity contribution >= 4 is 21.4 Å². The molecule has 1 aliphatic carbocycles. The number of ether oxygens (including phenoxy) is 1. The van der Waals surface area contributed by atoms with Crippen LogP contribution in [0.15, 0.2) is 39.1 Å². The van der Waals surface area contributed by atoms with Gasteiger partial charge in [-0.3, -0.25) is 0 Å². The van der Waals surface area contributed by atoms with Gasteiger partial charge in [0.1, 0.15) is 10.6 Å². The number of nitrogens with one attached hydrogen (secondary N) is 1. The second-order valence-corrected chi connectivity index (χ2v) is 8.98. The third kappa shape index (κ3) is 3.76. The maximum Gasteiger partial charge on any atom is 0.244 e. The number of rotatable bonds is 6. The maximum atomic E-state index is 12.8. The smallest absolute Gasteiger partial charge is 0.244 e. The summed E-state index contributed by atoms with van der Waals surface area (Å²) in [4.78, 5) is 5.24. The van der Waals surface area contributed by atoms with Crippen molar-refractivity contribution in [2.24, 2.45) is 0 Å². The van der Waals surface area contributed by atoms with Crippen LogP contribution in [-0.2, 0) is 29.4 Å². The number of methoxy groups -OCH3 is 1. The molecule has 0 unspecified atom stereocenters. The standard InChI is InChI=1S/C18H19N3O4S2/c1-24-14-9-12-5-2-3-6-13(12)10-16(14)27(22,23)19-11-17-20-18(21-25-17)15-7-4-8-26-15/h4,7-10,19H,2-3,5-6,11H2,1H3. The Hall–Kier alpha value is -2.23. The van der Waals surface area contributed by atoms with Crippen molar-refractivity contribution in [2.75, 3.05) is 7.11 Å². The van der Waals surface area contributed by atoms with Gasteiger partial charge in [-0.05, 0) is 60.4 Å². The Kier molecular flexibility index (Phi) is 4.98. The third-order valence-corrected chi connectivity index (χ3v) is 6.83. The Bertz CT molecular complexity index is 1040. The molecule has 2 heterocycles. The van der Waals surface area contributed by atoms with Gasteiger partial charge in [-0.25, -0.2) is 13.1 Å². The second kappa shape index (κ2) is 7.41. The SMILES string of the molecule is COc1cc2c(cc1S(=O)(=O)NCc1nc(-c3cccs3)no1)CCCC2. The zero-order valence-electron chi connectivity index (χ0n) is 14.8. The Morgan fingerprint density at radius 2 is 2.04 bits per heavy atom. The Morgan fingerprint density at radius 1 is 1.26 bits per heavy atom. The van der Waals surface area contributed by atoms with E-state index in [1.165, 1.54) is 18.4 Å². The van der Waals surface area contributed by atoms with Gasteiger partial charge in [0, 0.05) is 0 Å². The van der Waals surface area contributed by atoms with Crippen LogP contribution < -0.4 is 9.46 Å². The first-order chi connectivity index (χ1) is 13.1. The number of fused-ring (bicyclic) bond motifs is 1. The van der Waals surface area contributed by atoms with Crippen molar-refractivity contribution in [1.82, 2.24) is 14.9 Å². The van der Waals surface area contributed by atoms with Crippen molar-refractivity contribution in [3.63, 3.8) is 0 Å². The molecule has 0 saturated carbocycles. The average Bonchev–Trinajstić information content (AvgIpc) is 3.37. The largest absolute Gasteiger partial charge is 0.495 e. The fourth-order valence-electron chi connectivity index (χ4n) is 3.18. The number of hydrogen-bond acceptors (Lipinski definition) is 7. The molecule has 0 bridgehead atoms. The molecule has 0 fully saturated rings. The van der Waals surface area contributed by atoms with Crippen LogP contribution in [0.2, 0.25) is 0 Å². The summed E-state index contributed by atoms with van der Waals surface area (Å²) < 4.78 is 38.7. The summed E-state index contributed by atoms with van der Waals surface area (Å²) in [6.45, 7) is -0.0824. The number of hydrogen-bond donors (Lipinski definition) is 1. The Labute approximate surface area is 161 Å². The molecule has 7 nitrogen and oxygen atoms in total. The first-order valence-corrected chi connectivity index (χ1v) is 11.0. The summed E-state index contributed by atoms with van der Waals surface area (Å²) in [7, 11) is -2.30. The number of nitrogens with zero attached hydrogens (tertiary/aromatic N) is 2. The highest BCUT2D eigenvalue weighted by Gasteiger charge is 2.24. The quantitative estimate of drug-likeness (QED) is 0.677. The van der Waals surface area contributed by atoms with Gasteiger partial charge in [0.25, 0.3) is 0 Å². The van der Waals surface area contributed by atoms with E-state index < -0.39 is 10.0 Å². The predicted molar refractivity (Wildman–Crippen MR) is 101 cm³/mol. The van der Waals surface area contributed by atoms with E-state index in [0.717, 1.165) is 41.7 Å². The summed E-state index contributed by atoms with van der Waals surface area (Å²) >= 11 is 1.49. The minimum atomic E-state index is -3.78. The van der Waals surface area contributed by atoms with Crippen LogP contribution in [0.3, 0.4) is 0 Å². The number of benzene rings is 1. The summed E-state index contributed by atoms with van der Waals surface area (Å²) in [5, 5.41) is 5.80. The lowest BCUT2D eigenvalue weighted by atomic mass is 9.92. The lowest BCUT2D eigenvalue weighted by Gasteiger charge is -2.19. The van der Waals surface area contributed by atoms with Crippen LogP contribution in [0.4, 0.5) is 0 Å². The fourth-order valence-corrected chi connectivity index (χ4v) is 5.00. The van der Waals surface area contributed by atoms with Crippen molar-refractivity contribution < 1.29 is 17.7 Å². The highest BCUT2D eigenvalue weighted by atomic mass is 32.2. The summed E-state index contributed by atoms with van der Waals surface area (Å²) in [5.41, 5.74) is 2.23. The molecular weight excluding hydrogens is 386 g/mol. The fraction of sp³-hybridized carbons (Fsp3) is 0.333. The van der Waals surface area contributed by atoms with Crippen molar-refractivity contribution in [1.29, 1.82) is 0 Å². The maximum absolute atomic E-state index is 12.8. The number of sulfonamides is 1. The van der Waals surface area contributed by atoms with E-state index in [4.69, 9.17) is 9.26 Å². The second-order valence-electron chi connectivity index (χ2n) is 6.29. The summed E-state index contributed by atoms with van der Waals surface area (Å²) in [6, 6.07) is 7.33. The van der Waals surface area contributed by atoms with Crippen molar-refractivity contribution in [3.8, 4) is 16.5 Å². The van der Waals surface area contributed by atoms with E-state index in [9.17, 15) is 8.42 Å². The molecule has 0 atom stereocenters. The third-order valence-electron chi connectivity index (χ3n) is 4.54. The average molecular weight is 406 g/mol. The predicted octanol–water partition coefficient (Wildman–Crippen LogP) is 3.16. The molecule has 4 rings (SSSR count). The highest BCUT2D eigenvalue weighted by molar-refractivity contribution is 7.89. The van der Waals surface area contributed by atoms with Gasteiger partial charge in [-0.2, -0.15) is 4.98 Å². The number of aromatic nitrogens is 2. The lowest BCUT2D eigenvalue weighted by molar-refractivity contribution is 0.375. The van der Waals surface area contributed by atoms with Gasteiger partial charge < -0.3 is 9.26 Å². The van der Waals surface area contributed by atoms with E-state index >= 15 is 0 Å². The molecule has 1 N–H and O–H groups in total. The van der Waals surface area contributed by atoms with Crippen LogP contribution in [0, 0.1) is 0 Å².